The summed E-state index contributed by atoms with van der Waals surface area (Å²) in [5, 5.41) is 0. The number of rotatable bonds is 0. The number of benzene rings is 1. The van der Waals surface area contributed by atoms with Crippen LogP contribution in [0, 0.1) is 6.92 Å². The fourth-order valence-corrected chi connectivity index (χ4v) is 3.72. The van der Waals surface area contributed by atoms with Gasteiger partial charge in [0.25, 0.3) is 0 Å². The SMILES string of the molecule is Cc1ccc2c(c1)C(C)(C)C1=CC=CCC12C. The highest BCUT2D eigenvalue weighted by Crippen LogP contribution is 2.56. The third kappa shape index (κ3) is 1.24. The largest absolute Gasteiger partial charge is 0.0833 e. The molecule has 0 nitrogen and oxygen atoms in total. The molecule has 0 aromatic heterocycles. The van der Waals surface area contributed by atoms with E-state index in [1.165, 1.54) is 16.7 Å². The van der Waals surface area contributed by atoms with Crippen molar-refractivity contribution >= 4 is 0 Å². The second-order valence-corrected chi connectivity index (χ2v) is 6.22. The minimum Gasteiger partial charge on any atom is -0.0833 e. The normalized spacial score (nSPS) is 28.6. The van der Waals surface area contributed by atoms with Crippen LogP contribution in [0.5, 0.6) is 0 Å². The van der Waals surface area contributed by atoms with E-state index in [-0.39, 0.29) is 10.8 Å². The van der Waals surface area contributed by atoms with Gasteiger partial charge < -0.3 is 0 Å². The third-order valence-corrected chi connectivity index (χ3v) is 4.64. The Balaban J connectivity index is 2.34. The highest BCUT2D eigenvalue weighted by atomic mass is 14.5. The van der Waals surface area contributed by atoms with Crippen LogP contribution in [0.1, 0.15) is 43.9 Å². The van der Waals surface area contributed by atoms with E-state index in [0.717, 1.165) is 6.42 Å². The maximum absolute atomic E-state index is 2.39. The van der Waals surface area contributed by atoms with Crippen molar-refractivity contribution in [2.45, 2.75) is 44.9 Å². The summed E-state index contributed by atoms with van der Waals surface area (Å²) < 4.78 is 0. The van der Waals surface area contributed by atoms with Crippen molar-refractivity contribution in [3.05, 3.63) is 58.7 Å². The topological polar surface area (TPSA) is 0 Å². The van der Waals surface area contributed by atoms with Crippen molar-refractivity contribution in [3.63, 3.8) is 0 Å². The Morgan fingerprint density at radius 3 is 2.59 bits per heavy atom. The van der Waals surface area contributed by atoms with Crippen molar-refractivity contribution in [1.29, 1.82) is 0 Å². The van der Waals surface area contributed by atoms with E-state index in [2.05, 4.69) is 64.1 Å². The lowest BCUT2D eigenvalue weighted by Crippen LogP contribution is -2.27. The standard InChI is InChI=1S/C17H20/c1-12-8-9-13-14(11-12)16(2,3)15-7-5-6-10-17(13,15)4/h5-9,11H,10H2,1-4H3. The van der Waals surface area contributed by atoms with Gasteiger partial charge in [0.2, 0.25) is 0 Å². The molecule has 0 radical (unpaired) electrons. The molecule has 0 amide bonds. The highest BCUT2D eigenvalue weighted by Gasteiger charge is 2.48. The molecule has 1 aromatic carbocycles. The van der Waals surface area contributed by atoms with Crippen LogP contribution < -0.4 is 0 Å². The summed E-state index contributed by atoms with van der Waals surface area (Å²) in [5.41, 5.74) is 6.40. The molecule has 0 fully saturated rings. The molecule has 1 unspecified atom stereocenters. The van der Waals surface area contributed by atoms with Crippen molar-refractivity contribution < 1.29 is 0 Å². The van der Waals surface area contributed by atoms with Gasteiger partial charge in [0, 0.05) is 10.8 Å². The predicted octanol–water partition coefficient (Wildman–Crippen LogP) is 4.43. The van der Waals surface area contributed by atoms with Crippen molar-refractivity contribution in [1.82, 2.24) is 0 Å². The summed E-state index contributed by atoms with van der Waals surface area (Å²) >= 11 is 0. The van der Waals surface area contributed by atoms with Crippen LogP contribution in [0.25, 0.3) is 0 Å². The Labute approximate surface area is 104 Å². The number of hydrogen-bond donors (Lipinski definition) is 0. The molecule has 3 rings (SSSR count). The van der Waals surface area contributed by atoms with Crippen LogP contribution in [0.3, 0.4) is 0 Å². The van der Waals surface area contributed by atoms with E-state index in [9.17, 15) is 0 Å². The zero-order valence-electron chi connectivity index (χ0n) is 11.2. The average Bonchev–Trinajstić information content (AvgIpc) is 2.45. The molecule has 0 aliphatic heterocycles. The first-order chi connectivity index (χ1) is 7.96. The predicted molar refractivity (Wildman–Crippen MR) is 73.4 cm³/mol. The Hall–Kier alpha value is -1.30. The molecule has 0 bridgehead atoms. The van der Waals surface area contributed by atoms with Gasteiger partial charge in [0.1, 0.15) is 0 Å². The van der Waals surface area contributed by atoms with Crippen molar-refractivity contribution in [3.8, 4) is 0 Å². The summed E-state index contributed by atoms with van der Waals surface area (Å²) in [7, 11) is 0. The summed E-state index contributed by atoms with van der Waals surface area (Å²) in [6, 6.07) is 6.97. The minimum absolute atomic E-state index is 0.181. The lowest BCUT2D eigenvalue weighted by molar-refractivity contribution is 0.511. The zero-order chi connectivity index (χ0) is 12.3. The van der Waals surface area contributed by atoms with Gasteiger partial charge >= 0.3 is 0 Å². The van der Waals surface area contributed by atoms with Crippen LogP contribution in [-0.2, 0) is 10.8 Å². The van der Waals surface area contributed by atoms with E-state index in [0.29, 0.717) is 0 Å². The molecular weight excluding hydrogens is 204 g/mol. The van der Waals surface area contributed by atoms with Crippen molar-refractivity contribution in [2.24, 2.45) is 0 Å². The van der Waals surface area contributed by atoms with Gasteiger partial charge in [-0.1, -0.05) is 62.8 Å². The Kier molecular flexibility index (Phi) is 1.99. The van der Waals surface area contributed by atoms with Crippen molar-refractivity contribution in [2.75, 3.05) is 0 Å². The number of hydrogen-bond acceptors (Lipinski definition) is 0. The molecule has 0 heterocycles. The van der Waals surface area contributed by atoms with Gasteiger partial charge in [-0.25, -0.2) is 0 Å². The molecule has 0 heteroatoms. The smallest absolute Gasteiger partial charge is 0.0183 e. The van der Waals surface area contributed by atoms with Crippen LogP contribution in [-0.4, -0.2) is 0 Å². The molecule has 88 valence electrons. The molecule has 0 saturated heterocycles. The Bertz CT molecular complexity index is 543. The minimum atomic E-state index is 0.181. The molecule has 2 aliphatic rings. The van der Waals surface area contributed by atoms with Gasteiger partial charge in [-0.05, 0) is 30.0 Å². The summed E-state index contributed by atoms with van der Waals surface area (Å²) in [5.74, 6) is 0. The lowest BCUT2D eigenvalue weighted by atomic mass is 9.71. The van der Waals surface area contributed by atoms with Crippen LogP contribution in [0.4, 0.5) is 0 Å². The Morgan fingerprint density at radius 1 is 1.06 bits per heavy atom. The quantitative estimate of drug-likeness (QED) is 0.611. The molecular formula is C17H20. The summed E-state index contributed by atoms with van der Waals surface area (Å²) in [6.45, 7) is 9.31. The fraction of sp³-hybridized carbons (Fsp3) is 0.412. The summed E-state index contributed by atoms with van der Waals surface area (Å²) in [4.78, 5) is 0. The lowest BCUT2D eigenvalue weighted by Gasteiger charge is -2.33. The number of aryl methyl sites for hydroxylation is 1. The zero-order valence-corrected chi connectivity index (χ0v) is 11.2. The second kappa shape index (κ2) is 3.13. The van der Waals surface area contributed by atoms with E-state index in [1.807, 2.05) is 0 Å². The highest BCUT2D eigenvalue weighted by molar-refractivity contribution is 5.60. The first-order valence-electron chi connectivity index (χ1n) is 6.46. The first-order valence-corrected chi connectivity index (χ1v) is 6.46. The van der Waals surface area contributed by atoms with Crippen LogP contribution in [0.15, 0.2) is 42.0 Å². The van der Waals surface area contributed by atoms with E-state index in [4.69, 9.17) is 0 Å². The molecule has 1 atom stereocenters. The van der Waals surface area contributed by atoms with E-state index >= 15 is 0 Å². The second-order valence-electron chi connectivity index (χ2n) is 6.22. The molecule has 17 heavy (non-hydrogen) atoms. The van der Waals surface area contributed by atoms with Crippen LogP contribution >= 0.6 is 0 Å². The van der Waals surface area contributed by atoms with Gasteiger partial charge in [0.15, 0.2) is 0 Å². The number of allylic oxidation sites excluding steroid dienone is 4. The van der Waals surface area contributed by atoms with Gasteiger partial charge in [-0.2, -0.15) is 0 Å². The monoisotopic (exact) mass is 224 g/mol. The molecule has 0 spiro atoms. The molecule has 0 saturated carbocycles. The summed E-state index contributed by atoms with van der Waals surface area (Å²) in [6.07, 6.45) is 7.99. The number of fused-ring (bicyclic) bond motifs is 3. The van der Waals surface area contributed by atoms with Gasteiger partial charge in [-0.3, -0.25) is 0 Å². The fourth-order valence-electron chi connectivity index (χ4n) is 3.72. The van der Waals surface area contributed by atoms with E-state index < -0.39 is 0 Å². The van der Waals surface area contributed by atoms with Crippen LogP contribution in [0.2, 0.25) is 0 Å². The average molecular weight is 224 g/mol. The van der Waals surface area contributed by atoms with Gasteiger partial charge in [-0.15, -0.1) is 0 Å². The maximum Gasteiger partial charge on any atom is 0.0183 e. The van der Waals surface area contributed by atoms with Gasteiger partial charge in [0.05, 0.1) is 0 Å². The Morgan fingerprint density at radius 2 is 1.82 bits per heavy atom. The third-order valence-electron chi connectivity index (χ3n) is 4.64. The molecule has 0 N–H and O–H groups in total. The molecule has 2 aliphatic carbocycles. The first kappa shape index (κ1) is 10.8. The molecule has 1 aromatic rings. The van der Waals surface area contributed by atoms with E-state index in [1.54, 1.807) is 5.57 Å². The maximum atomic E-state index is 2.39.